The lowest BCUT2D eigenvalue weighted by Gasteiger charge is -2.39. The number of aromatic nitrogens is 2. The molecule has 33 heavy (non-hydrogen) atoms. The van der Waals surface area contributed by atoms with E-state index in [0.29, 0.717) is 32.1 Å². The summed E-state index contributed by atoms with van der Waals surface area (Å²) in [6, 6.07) is 15.7. The molecule has 7 nitrogen and oxygen atoms in total. The lowest BCUT2D eigenvalue weighted by molar-refractivity contribution is -0.0621. The predicted molar refractivity (Wildman–Crippen MR) is 127 cm³/mol. The molecule has 1 saturated heterocycles. The Morgan fingerprint density at radius 3 is 2.70 bits per heavy atom. The summed E-state index contributed by atoms with van der Waals surface area (Å²) in [7, 11) is 1.66. The first-order valence-electron chi connectivity index (χ1n) is 11.4. The summed E-state index contributed by atoms with van der Waals surface area (Å²) in [5, 5.41) is 15.4. The second-order valence-electron chi connectivity index (χ2n) is 8.75. The monoisotopic (exact) mass is 451 g/mol. The van der Waals surface area contributed by atoms with Gasteiger partial charge in [0.1, 0.15) is 24.6 Å². The van der Waals surface area contributed by atoms with E-state index in [0.717, 1.165) is 48.6 Å². The van der Waals surface area contributed by atoms with Gasteiger partial charge in [0, 0.05) is 19.3 Å². The van der Waals surface area contributed by atoms with Gasteiger partial charge < -0.3 is 19.3 Å². The van der Waals surface area contributed by atoms with E-state index in [1.165, 1.54) is 0 Å². The van der Waals surface area contributed by atoms with Crippen molar-refractivity contribution in [2.75, 3.05) is 33.4 Å². The molecule has 1 aromatic heterocycles. The molecule has 1 atom stereocenters. The Hall–Kier alpha value is -3.03. The highest BCUT2D eigenvalue weighted by Crippen LogP contribution is 2.30. The highest BCUT2D eigenvalue weighted by atomic mass is 16.5. The first-order chi connectivity index (χ1) is 16.0. The average Bonchev–Trinajstić information content (AvgIpc) is 3.24. The highest BCUT2D eigenvalue weighted by molar-refractivity contribution is 5.43. The van der Waals surface area contributed by atoms with Crippen molar-refractivity contribution in [3.63, 3.8) is 0 Å². The van der Waals surface area contributed by atoms with Gasteiger partial charge in [-0.15, -0.1) is 0 Å². The van der Waals surface area contributed by atoms with Gasteiger partial charge in [0.15, 0.2) is 11.5 Å². The van der Waals surface area contributed by atoms with E-state index in [1.807, 2.05) is 66.5 Å². The van der Waals surface area contributed by atoms with E-state index >= 15 is 0 Å². The largest absolute Gasteiger partial charge is 0.493 e. The zero-order chi connectivity index (χ0) is 23.1. The fourth-order valence-electron chi connectivity index (χ4n) is 4.22. The van der Waals surface area contributed by atoms with E-state index in [4.69, 9.17) is 14.2 Å². The van der Waals surface area contributed by atoms with Crippen LogP contribution in [0.5, 0.6) is 17.2 Å². The Morgan fingerprint density at radius 1 is 1.09 bits per heavy atom. The number of nitrogens with zero attached hydrogens (tertiary/aromatic N) is 3. The Kier molecular flexibility index (Phi) is 7.52. The minimum Gasteiger partial charge on any atom is -0.493 e. The molecule has 1 aliphatic rings. The minimum atomic E-state index is -0.855. The maximum Gasteiger partial charge on any atom is 0.161 e. The van der Waals surface area contributed by atoms with Crippen LogP contribution in [0.15, 0.2) is 60.9 Å². The van der Waals surface area contributed by atoms with E-state index in [2.05, 4.69) is 16.1 Å². The van der Waals surface area contributed by atoms with Gasteiger partial charge in [0.25, 0.3) is 0 Å². The number of methoxy groups -OCH3 is 1. The molecule has 176 valence electrons. The van der Waals surface area contributed by atoms with Gasteiger partial charge in [0.2, 0.25) is 0 Å². The van der Waals surface area contributed by atoms with Crippen LogP contribution in [0.25, 0.3) is 0 Å². The third kappa shape index (κ3) is 6.49. The summed E-state index contributed by atoms with van der Waals surface area (Å²) in [5.41, 5.74) is 1.40. The van der Waals surface area contributed by atoms with Crippen LogP contribution in [-0.4, -0.2) is 58.8 Å². The molecule has 0 amide bonds. The molecule has 1 N–H and O–H groups in total. The maximum absolute atomic E-state index is 11.1. The van der Waals surface area contributed by atoms with Gasteiger partial charge in [-0.1, -0.05) is 24.3 Å². The molecule has 7 heteroatoms. The van der Waals surface area contributed by atoms with Crippen LogP contribution in [0.4, 0.5) is 0 Å². The predicted octanol–water partition coefficient (Wildman–Crippen LogP) is 3.69. The summed E-state index contributed by atoms with van der Waals surface area (Å²) >= 11 is 0. The third-order valence-electron chi connectivity index (χ3n) is 5.86. The summed E-state index contributed by atoms with van der Waals surface area (Å²) in [4.78, 5) is 2.27. The normalized spacial score (nSPS) is 18.8. The van der Waals surface area contributed by atoms with Crippen LogP contribution in [-0.2, 0) is 13.1 Å². The Bertz CT molecular complexity index is 1020. The zero-order valence-corrected chi connectivity index (χ0v) is 19.4. The van der Waals surface area contributed by atoms with Crippen molar-refractivity contribution in [3.8, 4) is 17.2 Å². The van der Waals surface area contributed by atoms with Crippen molar-refractivity contribution in [2.24, 2.45) is 0 Å². The second kappa shape index (κ2) is 10.7. The first-order valence-corrected chi connectivity index (χ1v) is 11.4. The Labute approximate surface area is 195 Å². The number of hydrogen-bond donors (Lipinski definition) is 1. The molecular formula is C26H33N3O4. The van der Waals surface area contributed by atoms with Crippen molar-refractivity contribution in [1.82, 2.24) is 14.7 Å². The molecular weight excluding hydrogens is 418 g/mol. The van der Waals surface area contributed by atoms with Crippen LogP contribution in [0.3, 0.4) is 0 Å². The number of piperidine rings is 1. The molecule has 2 heterocycles. The topological polar surface area (TPSA) is 69.0 Å². The van der Waals surface area contributed by atoms with Crippen LogP contribution >= 0.6 is 0 Å². The molecule has 0 saturated carbocycles. The van der Waals surface area contributed by atoms with Gasteiger partial charge in [-0.3, -0.25) is 9.58 Å². The number of para-hydroxylation sites is 1. The standard InChI is InChI=1S/C26H33N3O4/c1-21-16-27-29(17-21)13-14-32-24-10-9-22(15-25(24)31-2)18-28-12-6-11-26(30,19-28)20-33-23-7-4-3-5-8-23/h3-5,7-10,15-17,30H,6,11-14,18-20H2,1-2H3/t26-/m1/s1. The molecule has 0 spiro atoms. The number of aliphatic hydroxyl groups is 1. The Balaban J connectivity index is 1.31. The number of likely N-dealkylation sites (tertiary alicyclic amines) is 1. The molecule has 0 radical (unpaired) electrons. The summed E-state index contributed by atoms with van der Waals surface area (Å²) < 4.78 is 19.2. The van der Waals surface area contributed by atoms with E-state index < -0.39 is 5.60 Å². The molecule has 3 aromatic rings. The average molecular weight is 452 g/mol. The molecule has 0 bridgehead atoms. The number of hydrogen-bond acceptors (Lipinski definition) is 6. The van der Waals surface area contributed by atoms with Crippen LogP contribution in [0.2, 0.25) is 0 Å². The zero-order valence-electron chi connectivity index (χ0n) is 19.4. The molecule has 0 aliphatic carbocycles. The maximum atomic E-state index is 11.1. The highest BCUT2D eigenvalue weighted by Gasteiger charge is 2.34. The van der Waals surface area contributed by atoms with Gasteiger partial charge in [-0.2, -0.15) is 5.10 Å². The molecule has 1 fully saturated rings. The van der Waals surface area contributed by atoms with Crippen molar-refractivity contribution < 1.29 is 19.3 Å². The SMILES string of the molecule is COc1cc(CN2CCC[C@](O)(COc3ccccc3)C2)ccc1OCCn1cc(C)cn1. The van der Waals surface area contributed by atoms with E-state index in [-0.39, 0.29) is 0 Å². The van der Waals surface area contributed by atoms with Gasteiger partial charge in [-0.25, -0.2) is 0 Å². The molecule has 2 aromatic carbocycles. The number of β-amino-alcohol motifs (C(OH)–C–C–N with tert-alkyl or cyclic N) is 1. The van der Waals surface area contributed by atoms with E-state index in [1.54, 1.807) is 7.11 Å². The van der Waals surface area contributed by atoms with Crippen molar-refractivity contribution in [1.29, 1.82) is 0 Å². The number of aryl methyl sites for hydroxylation is 1. The number of rotatable bonds is 10. The first kappa shape index (κ1) is 23.1. The molecule has 1 aliphatic heterocycles. The van der Waals surface area contributed by atoms with Crippen LogP contribution in [0.1, 0.15) is 24.0 Å². The Morgan fingerprint density at radius 2 is 1.94 bits per heavy atom. The lowest BCUT2D eigenvalue weighted by Crippen LogP contribution is -2.51. The third-order valence-corrected chi connectivity index (χ3v) is 5.86. The fraction of sp³-hybridized carbons (Fsp3) is 0.423. The van der Waals surface area contributed by atoms with Crippen molar-refractivity contribution in [2.45, 2.75) is 38.5 Å². The van der Waals surface area contributed by atoms with Gasteiger partial charge in [-0.05, 0) is 61.7 Å². The minimum absolute atomic E-state index is 0.291. The molecule has 0 unspecified atom stereocenters. The summed E-state index contributed by atoms with van der Waals surface area (Å²) in [6.07, 6.45) is 5.50. The van der Waals surface area contributed by atoms with E-state index in [9.17, 15) is 5.11 Å². The fourth-order valence-corrected chi connectivity index (χ4v) is 4.22. The summed E-state index contributed by atoms with van der Waals surface area (Å²) in [6.45, 7) is 5.75. The van der Waals surface area contributed by atoms with Gasteiger partial charge in [0.05, 0.1) is 19.9 Å². The number of benzene rings is 2. The van der Waals surface area contributed by atoms with Crippen LogP contribution in [0, 0.1) is 6.92 Å². The molecule has 4 rings (SSSR count). The number of ether oxygens (including phenoxy) is 3. The van der Waals surface area contributed by atoms with Gasteiger partial charge >= 0.3 is 0 Å². The quantitative estimate of drug-likeness (QED) is 0.507. The van der Waals surface area contributed by atoms with Crippen LogP contribution < -0.4 is 14.2 Å². The smallest absolute Gasteiger partial charge is 0.161 e. The second-order valence-corrected chi connectivity index (χ2v) is 8.75. The summed E-state index contributed by atoms with van der Waals surface area (Å²) in [5.74, 6) is 2.21. The lowest BCUT2D eigenvalue weighted by atomic mass is 9.93. The van der Waals surface area contributed by atoms with Crippen molar-refractivity contribution in [3.05, 3.63) is 72.1 Å². The van der Waals surface area contributed by atoms with Crippen molar-refractivity contribution >= 4 is 0 Å².